The second-order valence-electron chi connectivity index (χ2n) is 6.28. The Balaban J connectivity index is 2.24. The van der Waals surface area contributed by atoms with E-state index >= 15 is 0 Å². The van der Waals surface area contributed by atoms with Crippen LogP contribution in [0.25, 0.3) is 0 Å². The first-order valence-electron chi connectivity index (χ1n) is 8.18. The van der Waals surface area contributed by atoms with E-state index in [-0.39, 0.29) is 12.6 Å². The molecule has 1 aliphatic rings. The van der Waals surface area contributed by atoms with Crippen LogP contribution >= 0.6 is 0 Å². The number of β-amino-alcohol motifs (C(OH)–C–C–N with tert-alkyl or cyclic N) is 1. The lowest BCUT2D eigenvalue weighted by Crippen LogP contribution is -2.52. The average Bonchev–Trinajstić information content (AvgIpc) is 2.82. The molecule has 2 rings (SSSR count). The molecule has 2 unspecified atom stereocenters. The molecule has 0 spiro atoms. The van der Waals surface area contributed by atoms with E-state index in [0.29, 0.717) is 12.5 Å². The van der Waals surface area contributed by atoms with Gasteiger partial charge in [-0.05, 0) is 25.5 Å². The van der Waals surface area contributed by atoms with E-state index in [1.807, 2.05) is 6.92 Å². The lowest BCUT2D eigenvalue weighted by atomic mass is 10.1. The number of hydrogen-bond acceptors (Lipinski definition) is 4. The zero-order chi connectivity index (χ0) is 18.7. The van der Waals surface area contributed by atoms with Gasteiger partial charge in [-0.2, -0.15) is 0 Å². The second kappa shape index (κ2) is 7.88. The van der Waals surface area contributed by atoms with Gasteiger partial charge < -0.3 is 20.4 Å². The minimum Gasteiger partial charge on any atom is -0.388 e. The number of rotatable bonds is 5. The summed E-state index contributed by atoms with van der Waals surface area (Å²) in [4.78, 5) is 25.9. The summed E-state index contributed by atoms with van der Waals surface area (Å²) in [6.45, 7) is 3.41. The summed E-state index contributed by atoms with van der Waals surface area (Å²) in [5.41, 5.74) is -0.429. The van der Waals surface area contributed by atoms with Crippen LogP contribution < -0.4 is 5.32 Å². The number of amides is 2. The summed E-state index contributed by atoms with van der Waals surface area (Å²) in [6.07, 6.45) is -1.27. The molecule has 4 atom stereocenters. The quantitative estimate of drug-likeness (QED) is 0.729. The van der Waals surface area contributed by atoms with Gasteiger partial charge in [-0.25, -0.2) is 8.78 Å². The molecule has 0 aliphatic carbocycles. The van der Waals surface area contributed by atoms with Gasteiger partial charge in [-0.3, -0.25) is 9.59 Å². The van der Waals surface area contributed by atoms with Crippen molar-refractivity contribution in [3.8, 4) is 0 Å². The van der Waals surface area contributed by atoms with Crippen LogP contribution in [-0.2, 0) is 4.79 Å². The molecule has 1 aromatic carbocycles. The van der Waals surface area contributed by atoms with Crippen LogP contribution in [0.3, 0.4) is 0 Å². The van der Waals surface area contributed by atoms with Crippen molar-refractivity contribution in [2.75, 3.05) is 6.54 Å². The van der Waals surface area contributed by atoms with E-state index in [2.05, 4.69) is 5.32 Å². The third-order valence-corrected chi connectivity index (χ3v) is 4.24. The van der Waals surface area contributed by atoms with Crippen LogP contribution in [0.15, 0.2) is 18.2 Å². The van der Waals surface area contributed by atoms with Crippen molar-refractivity contribution in [2.45, 2.75) is 51.0 Å². The van der Waals surface area contributed by atoms with Gasteiger partial charge in [0.05, 0.1) is 12.1 Å². The Bertz CT molecular complexity index is 656. The first-order chi connectivity index (χ1) is 11.8. The molecule has 0 saturated carbocycles. The van der Waals surface area contributed by atoms with Gasteiger partial charge in [0.25, 0.3) is 5.91 Å². The predicted octanol–water partition coefficient (Wildman–Crippen LogP) is 0.816. The number of nitrogens with one attached hydrogen (secondary N) is 1. The minimum atomic E-state index is -1.48. The SMILES string of the molecule is CCCC(C)NC(=O)C1[C@H](O)[C@@H](O)CN1C(=O)c1ccc(F)cc1F. The maximum atomic E-state index is 13.9. The third kappa shape index (κ3) is 4.13. The van der Waals surface area contributed by atoms with E-state index < -0.39 is 47.3 Å². The van der Waals surface area contributed by atoms with Crippen LogP contribution in [0.4, 0.5) is 8.78 Å². The van der Waals surface area contributed by atoms with Crippen LogP contribution in [0.5, 0.6) is 0 Å². The Kier molecular flexibility index (Phi) is 6.07. The predicted molar refractivity (Wildman–Crippen MR) is 85.7 cm³/mol. The summed E-state index contributed by atoms with van der Waals surface area (Å²) in [7, 11) is 0. The number of carbonyl (C=O) groups is 2. The van der Waals surface area contributed by atoms with Gasteiger partial charge >= 0.3 is 0 Å². The van der Waals surface area contributed by atoms with E-state index in [9.17, 15) is 28.6 Å². The Morgan fingerprint density at radius 1 is 1.36 bits per heavy atom. The Hall–Kier alpha value is -2.06. The molecule has 0 bridgehead atoms. The van der Waals surface area contributed by atoms with E-state index in [4.69, 9.17) is 0 Å². The summed E-state index contributed by atoms with van der Waals surface area (Å²) in [5.74, 6) is -3.42. The fraction of sp³-hybridized carbons (Fsp3) is 0.529. The molecule has 138 valence electrons. The van der Waals surface area contributed by atoms with Gasteiger partial charge in [0.2, 0.25) is 5.91 Å². The van der Waals surface area contributed by atoms with Crippen LogP contribution in [0.2, 0.25) is 0 Å². The molecule has 2 amide bonds. The second-order valence-corrected chi connectivity index (χ2v) is 6.28. The van der Waals surface area contributed by atoms with Gasteiger partial charge in [-0.15, -0.1) is 0 Å². The van der Waals surface area contributed by atoms with E-state index in [1.54, 1.807) is 6.92 Å². The molecule has 1 fully saturated rings. The number of benzene rings is 1. The van der Waals surface area contributed by atoms with Crippen molar-refractivity contribution >= 4 is 11.8 Å². The number of halogens is 2. The van der Waals surface area contributed by atoms with Crippen molar-refractivity contribution in [3.63, 3.8) is 0 Å². The van der Waals surface area contributed by atoms with Crippen molar-refractivity contribution < 1.29 is 28.6 Å². The van der Waals surface area contributed by atoms with Gasteiger partial charge in [0.1, 0.15) is 29.9 Å². The number of aliphatic hydroxyl groups is 2. The maximum absolute atomic E-state index is 13.9. The number of nitrogens with zero attached hydrogens (tertiary/aromatic N) is 1. The number of likely N-dealkylation sites (tertiary alicyclic amines) is 1. The molecular formula is C17H22F2N2O4. The fourth-order valence-electron chi connectivity index (χ4n) is 2.97. The fourth-order valence-corrected chi connectivity index (χ4v) is 2.97. The lowest BCUT2D eigenvalue weighted by molar-refractivity contribution is -0.128. The normalized spacial score (nSPS) is 24.2. The molecule has 3 N–H and O–H groups in total. The molecule has 25 heavy (non-hydrogen) atoms. The lowest BCUT2D eigenvalue weighted by Gasteiger charge is -2.26. The van der Waals surface area contributed by atoms with Crippen LogP contribution in [0, 0.1) is 11.6 Å². The standard InChI is InChI=1S/C17H22F2N2O4/c1-3-4-9(2)20-16(24)14-15(23)13(22)8-21(14)17(25)11-6-5-10(18)7-12(11)19/h5-7,9,13-15,22-23H,3-4,8H2,1-2H3,(H,20,24)/t9?,13-,14?,15+/m0/s1. The molecule has 1 saturated heterocycles. The maximum Gasteiger partial charge on any atom is 0.257 e. The summed E-state index contributed by atoms with van der Waals surface area (Å²) in [6, 6.07) is 0.943. The van der Waals surface area contributed by atoms with Crippen LogP contribution in [-0.4, -0.2) is 57.8 Å². The summed E-state index contributed by atoms with van der Waals surface area (Å²) < 4.78 is 26.9. The zero-order valence-corrected chi connectivity index (χ0v) is 14.1. The Morgan fingerprint density at radius 2 is 2.04 bits per heavy atom. The molecular weight excluding hydrogens is 334 g/mol. The highest BCUT2D eigenvalue weighted by molar-refractivity contribution is 5.98. The average molecular weight is 356 g/mol. The first kappa shape index (κ1) is 19.3. The highest BCUT2D eigenvalue weighted by Gasteiger charge is 2.47. The molecule has 1 heterocycles. The minimum absolute atomic E-state index is 0.179. The summed E-state index contributed by atoms with van der Waals surface area (Å²) >= 11 is 0. The van der Waals surface area contributed by atoms with Gasteiger partial charge in [-0.1, -0.05) is 13.3 Å². The monoisotopic (exact) mass is 356 g/mol. The molecule has 0 radical (unpaired) electrons. The van der Waals surface area contributed by atoms with Crippen molar-refractivity contribution in [2.24, 2.45) is 0 Å². The highest BCUT2D eigenvalue weighted by atomic mass is 19.1. The van der Waals surface area contributed by atoms with E-state index in [0.717, 1.165) is 23.5 Å². The Morgan fingerprint density at radius 3 is 2.64 bits per heavy atom. The zero-order valence-electron chi connectivity index (χ0n) is 14.1. The number of hydrogen-bond donors (Lipinski definition) is 3. The molecule has 0 aromatic heterocycles. The topological polar surface area (TPSA) is 89.9 Å². The van der Waals surface area contributed by atoms with Crippen LogP contribution in [0.1, 0.15) is 37.0 Å². The number of carbonyl (C=O) groups excluding carboxylic acids is 2. The molecule has 1 aromatic rings. The third-order valence-electron chi connectivity index (χ3n) is 4.24. The van der Waals surface area contributed by atoms with Crippen molar-refractivity contribution in [1.82, 2.24) is 10.2 Å². The van der Waals surface area contributed by atoms with Gasteiger partial charge in [0.15, 0.2) is 0 Å². The molecule has 8 heteroatoms. The van der Waals surface area contributed by atoms with Crippen molar-refractivity contribution in [3.05, 3.63) is 35.4 Å². The largest absolute Gasteiger partial charge is 0.388 e. The Labute approximate surface area is 144 Å². The first-order valence-corrected chi connectivity index (χ1v) is 8.18. The van der Waals surface area contributed by atoms with Crippen molar-refractivity contribution in [1.29, 1.82) is 0 Å². The molecule has 6 nitrogen and oxygen atoms in total. The van der Waals surface area contributed by atoms with Gasteiger partial charge in [0, 0.05) is 12.1 Å². The number of aliphatic hydroxyl groups excluding tert-OH is 2. The molecule has 1 aliphatic heterocycles. The highest BCUT2D eigenvalue weighted by Crippen LogP contribution is 2.23. The smallest absolute Gasteiger partial charge is 0.257 e. The summed E-state index contributed by atoms with van der Waals surface area (Å²) in [5, 5.41) is 22.6. The van der Waals surface area contributed by atoms with E-state index in [1.165, 1.54) is 0 Å².